The Morgan fingerprint density at radius 2 is 2.71 bits per heavy atom. The lowest BCUT2D eigenvalue weighted by Gasteiger charge is -2.06. The maximum atomic E-state index is 11.5. The summed E-state index contributed by atoms with van der Waals surface area (Å²) in [6.45, 7) is 2.00. The van der Waals surface area contributed by atoms with E-state index in [0.29, 0.717) is 17.5 Å². The molecule has 1 saturated heterocycles. The van der Waals surface area contributed by atoms with Crippen molar-refractivity contribution in [3.63, 3.8) is 0 Å². The number of nitrogens with zero attached hydrogens (tertiary/aromatic N) is 1. The molecule has 0 radical (unpaired) electrons. The monoisotopic (exact) mass is 211 g/mol. The van der Waals surface area contributed by atoms with Gasteiger partial charge in [-0.05, 0) is 25.4 Å². The van der Waals surface area contributed by atoms with E-state index in [2.05, 4.69) is 15.6 Å². The summed E-state index contributed by atoms with van der Waals surface area (Å²) in [5.41, 5.74) is 0. The van der Waals surface area contributed by atoms with E-state index in [1.54, 1.807) is 6.20 Å². The third kappa shape index (κ3) is 2.52. The first-order valence-corrected chi connectivity index (χ1v) is 5.62. The number of hydrogen-bond donors (Lipinski definition) is 2. The molecule has 1 aliphatic heterocycles. The van der Waals surface area contributed by atoms with Crippen LogP contribution in [-0.2, 0) is 4.79 Å². The van der Waals surface area contributed by atoms with Crippen LogP contribution < -0.4 is 10.6 Å². The molecule has 1 unspecified atom stereocenters. The Bertz CT molecular complexity index is 293. The van der Waals surface area contributed by atoms with Gasteiger partial charge in [0.2, 0.25) is 5.91 Å². The Hall–Kier alpha value is -0.940. The van der Waals surface area contributed by atoms with Crippen molar-refractivity contribution in [1.82, 2.24) is 10.3 Å². The van der Waals surface area contributed by atoms with Gasteiger partial charge in [0.05, 0.1) is 0 Å². The summed E-state index contributed by atoms with van der Waals surface area (Å²) in [5, 5.41) is 8.58. The topological polar surface area (TPSA) is 54.0 Å². The predicted octanol–water partition coefficient (Wildman–Crippen LogP) is 1.08. The van der Waals surface area contributed by atoms with Crippen LogP contribution in [0, 0.1) is 5.92 Å². The van der Waals surface area contributed by atoms with Gasteiger partial charge < -0.3 is 10.6 Å². The van der Waals surface area contributed by atoms with Crippen molar-refractivity contribution in [2.45, 2.75) is 12.8 Å². The van der Waals surface area contributed by atoms with E-state index in [1.807, 2.05) is 5.38 Å². The molecule has 5 heteroatoms. The third-order valence-electron chi connectivity index (χ3n) is 2.32. The Kier molecular flexibility index (Phi) is 3.10. The number of hydrogen-bond acceptors (Lipinski definition) is 4. The van der Waals surface area contributed by atoms with Gasteiger partial charge in [-0.3, -0.25) is 4.79 Å². The van der Waals surface area contributed by atoms with E-state index in [0.717, 1.165) is 19.5 Å². The van der Waals surface area contributed by atoms with Crippen LogP contribution in [0.3, 0.4) is 0 Å². The highest BCUT2D eigenvalue weighted by molar-refractivity contribution is 7.13. The molecule has 0 spiro atoms. The minimum atomic E-state index is 0.0775. The highest BCUT2D eigenvalue weighted by Gasteiger charge is 2.18. The van der Waals surface area contributed by atoms with Gasteiger partial charge in [0.15, 0.2) is 5.13 Å². The molecule has 76 valence electrons. The second-order valence-electron chi connectivity index (χ2n) is 3.45. The largest absolute Gasteiger partial charge is 0.316 e. The normalized spacial score (nSPS) is 21.0. The van der Waals surface area contributed by atoms with Gasteiger partial charge in [0, 0.05) is 18.0 Å². The lowest BCUT2D eigenvalue weighted by Crippen LogP contribution is -2.18. The number of carbonyl (C=O) groups is 1. The maximum absolute atomic E-state index is 11.5. The summed E-state index contributed by atoms with van der Waals surface area (Å²) in [4.78, 5) is 15.5. The van der Waals surface area contributed by atoms with Gasteiger partial charge in [0.1, 0.15) is 0 Å². The van der Waals surface area contributed by atoms with Crippen molar-refractivity contribution in [1.29, 1.82) is 0 Å². The van der Waals surface area contributed by atoms with E-state index < -0.39 is 0 Å². The van der Waals surface area contributed by atoms with E-state index in [4.69, 9.17) is 0 Å². The second kappa shape index (κ2) is 4.52. The first-order valence-electron chi connectivity index (χ1n) is 4.74. The standard InChI is InChI=1S/C9H13N3OS/c13-8(5-7-1-2-10-6-7)12-9-11-3-4-14-9/h3-4,7,10H,1-2,5-6H2,(H,11,12,13). The van der Waals surface area contributed by atoms with Gasteiger partial charge in [-0.25, -0.2) is 4.98 Å². The van der Waals surface area contributed by atoms with E-state index in [-0.39, 0.29) is 5.91 Å². The Balaban J connectivity index is 1.78. The predicted molar refractivity (Wildman–Crippen MR) is 56.3 cm³/mol. The van der Waals surface area contributed by atoms with Gasteiger partial charge in [-0.15, -0.1) is 11.3 Å². The van der Waals surface area contributed by atoms with Crippen molar-refractivity contribution in [3.05, 3.63) is 11.6 Å². The van der Waals surface area contributed by atoms with Crippen LogP contribution in [0.15, 0.2) is 11.6 Å². The maximum Gasteiger partial charge on any atom is 0.226 e. The number of aromatic nitrogens is 1. The molecule has 2 rings (SSSR count). The summed E-state index contributed by atoms with van der Waals surface area (Å²) in [6, 6.07) is 0. The third-order valence-corrected chi connectivity index (χ3v) is 3.00. The van der Waals surface area contributed by atoms with Crippen LogP contribution in [-0.4, -0.2) is 24.0 Å². The Labute approximate surface area is 86.7 Å². The molecule has 0 aliphatic carbocycles. The molecular weight excluding hydrogens is 198 g/mol. The van der Waals surface area contributed by atoms with Crippen molar-refractivity contribution in [2.75, 3.05) is 18.4 Å². The van der Waals surface area contributed by atoms with Gasteiger partial charge in [-0.2, -0.15) is 0 Å². The number of thiazole rings is 1. The molecule has 1 aliphatic rings. The first-order chi connectivity index (χ1) is 6.84. The van der Waals surface area contributed by atoms with Crippen LogP contribution in [0.2, 0.25) is 0 Å². The molecule has 0 bridgehead atoms. The van der Waals surface area contributed by atoms with Crippen molar-refractivity contribution >= 4 is 22.4 Å². The lowest BCUT2D eigenvalue weighted by atomic mass is 10.1. The number of amides is 1. The minimum absolute atomic E-state index is 0.0775. The molecule has 1 atom stereocenters. The highest BCUT2D eigenvalue weighted by Crippen LogP contribution is 2.15. The summed E-state index contributed by atoms with van der Waals surface area (Å²) < 4.78 is 0. The molecule has 2 N–H and O–H groups in total. The Morgan fingerprint density at radius 1 is 1.79 bits per heavy atom. The zero-order chi connectivity index (χ0) is 9.80. The van der Waals surface area contributed by atoms with Crippen LogP contribution in [0.1, 0.15) is 12.8 Å². The van der Waals surface area contributed by atoms with E-state index in [9.17, 15) is 4.79 Å². The molecule has 4 nitrogen and oxygen atoms in total. The minimum Gasteiger partial charge on any atom is -0.316 e. The van der Waals surface area contributed by atoms with E-state index in [1.165, 1.54) is 11.3 Å². The molecule has 1 aromatic heterocycles. The highest BCUT2D eigenvalue weighted by atomic mass is 32.1. The van der Waals surface area contributed by atoms with Crippen molar-refractivity contribution in [3.8, 4) is 0 Å². The lowest BCUT2D eigenvalue weighted by molar-refractivity contribution is -0.116. The number of rotatable bonds is 3. The van der Waals surface area contributed by atoms with Gasteiger partial charge in [-0.1, -0.05) is 0 Å². The van der Waals surface area contributed by atoms with Crippen molar-refractivity contribution in [2.24, 2.45) is 5.92 Å². The van der Waals surface area contributed by atoms with E-state index >= 15 is 0 Å². The zero-order valence-corrected chi connectivity index (χ0v) is 8.64. The van der Waals surface area contributed by atoms with Crippen LogP contribution >= 0.6 is 11.3 Å². The summed E-state index contributed by atoms with van der Waals surface area (Å²) in [6.07, 6.45) is 3.40. The van der Waals surface area contributed by atoms with Crippen LogP contribution in [0.4, 0.5) is 5.13 Å². The molecular formula is C9H13N3OS. The SMILES string of the molecule is O=C(CC1CCNC1)Nc1nccs1. The molecule has 14 heavy (non-hydrogen) atoms. The molecule has 1 fully saturated rings. The molecule has 0 aromatic carbocycles. The molecule has 1 aromatic rings. The first kappa shape index (κ1) is 9.61. The van der Waals surface area contributed by atoms with Crippen LogP contribution in [0.5, 0.6) is 0 Å². The average Bonchev–Trinajstić information content (AvgIpc) is 2.76. The van der Waals surface area contributed by atoms with Crippen LogP contribution in [0.25, 0.3) is 0 Å². The number of anilines is 1. The molecule has 0 saturated carbocycles. The van der Waals surface area contributed by atoms with Crippen molar-refractivity contribution < 1.29 is 4.79 Å². The smallest absolute Gasteiger partial charge is 0.226 e. The fourth-order valence-corrected chi connectivity index (χ4v) is 2.15. The summed E-state index contributed by atoms with van der Waals surface area (Å²) >= 11 is 1.45. The fourth-order valence-electron chi connectivity index (χ4n) is 1.61. The van der Waals surface area contributed by atoms with Gasteiger partial charge >= 0.3 is 0 Å². The Morgan fingerprint density at radius 3 is 3.36 bits per heavy atom. The molecule has 1 amide bonds. The molecule has 2 heterocycles. The summed E-state index contributed by atoms with van der Waals surface area (Å²) in [5.74, 6) is 0.573. The number of nitrogens with one attached hydrogen (secondary N) is 2. The zero-order valence-electron chi connectivity index (χ0n) is 7.82. The second-order valence-corrected chi connectivity index (χ2v) is 4.34. The average molecular weight is 211 g/mol. The summed E-state index contributed by atoms with van der Waals surface area (Å²) in [7, 11) is 0. The quantitative estimate of drug-likeness (QED) is 0.786. The fraction of sp³-hybridized carbons (Fsp3) is 0.556. The van der Waals surface area contributed by atoms with Gasteiger partial charge in [0.25, 0.3) is 0 Å². The number of carbonyl (C=O) groups excluding carboxylic acids is 1.